The quantitative estimate of drug-likeness (QED) is 0.448. The first kappa shape index (κ1) is 23.1. The molecular formula is C27H29NO4. The summed E-state index contributed by atoms with van der Waals surface area (Å²) in [7, 11) is 0. The Balaban J connectivity index is 1.78. The zero-order valence-corrected chi connectivity index (χ0v) is 18.7. The lowest BCUT2D eigenvalue weighted by Gasteiger charge is -2.19. The zero-order chi connectivity index (χ0) is 23.1. The van der Waals surface area contributed by atoms with E-state index in [0.717, 1.165) is 23.1 Å². The van der Waals surface area contributed by atoms with Crippen LogP contribution in [0.15, 0.2) is 66.7 Å². The van der Waals surface area contributed by atoms with E-state index in [1.165, 1.54) is 13.8 Å². The predicted octanol–water partition coefficient (Wildman–Crippen LogP) is 5.35. The van der Waals surface area contributed by atoms with Gasteiger partial charge in [0.15, 0.2) is 5.78 Å². The number of Topliss-reactive ketones (excluding diaryl/α,β-unsaturated/α-hetero) is 1. The number of carbonyl (C=O) groups is 2. The van der Waals surface area contributed by atoms with Crippen molar-refractivity contribution in [1.29, 1.82) is 0 Å². The predicted molar refractivity (Wildman–Crippen MR) is 125 cm³/mol. The molecule has 0 heterocycles. The van der Waals surface area contributed by atoms with Gasteiger partial charge in [0.25, 0.3) is 0 Å². The molecule has 1 amide bonds. The third-order valence-electron chi connectivity index (χ3n) is 5.31. The van der Waals surface area contributed by atoms with Gasteiger partial charge in [-0.3, -0.25) is 9.59 Å². The first-order valence-corrected chi connectivity index (χ1v) is 10.8. The average Bonchev–Trinajstić information content (AvgIpc) is 2.78. The molecular weight excluding hydrogens is 402 g/mol. The van der Waals surface area contributed by atoms with Crippen molar-refractivity contribution < 1.29 is 19.4 Å². The van der Waals surface area contributed by atoms with E-state index >= 15 is 0 Å². The lowest BCUT2D eigenvalue weighted by atomic mass is 9.97. The van der Waals surface area contributed by atoms with E-state index in [1.807, 2.05) is 61.5 Å². The topological polar surface area (TPSA) is 75.6 Å². The molecule has 0 spiro atoms. The Morgan fingerprint density at radius 2 is 1.59 bits per heavy atom. The van der Waals surface area contributed by atoms with Crippen molar-refractivity contribution in [2.75, 3.05) is 0 Å². The van der Waals surface area contributed by atoms with Gasteiger partial charge >= 0.3 is 0 Å². The van der Waals surface area contributed by atoms with Crippen LogP contribution >= 0.6 is 0 Å². The lowest BCUT2D eigenvalue weighted by molar-refractivity contribution is -0.119. The highest BCUT2D eigenvalue weighted by Crippen LogP contribution is 2.33. The van der Waals surface area contributed by atoms with Gasteiger partial charge in [-0.05, 0) is 42.2 Å². The summed E-state index contributed by atoms with van der Waals surface area (Å²) in [6.45, 7) is 5.29. The van der Waals surface area contributed by atoms with Gasteiger partial charge in [0, 0.05) is 12.5 Å². The number of nitrogens with one attached hydrogen (secondary N) is 1. The fraction of sp³-hybridized carbons (Fsp3) is 0.259. The summed E-state index contributed by atoms with van der Waals surface area (Å²) in [5.74, 6) is 0.324. The largest absolute Gasteiger partial charge is 0.507 e. The Labute approximate surface area is 189 Å². The van der Waals surface area contributed by atoms with E-state index < -0.39 is 0 Å². The number of amides is 1. The van der Waals surface area contributed by atoms with Crippen molar-refractivity contribution in [1.82, 2.24) is 5.32 Å². The van der Waals surface area contributed by atoms with Crippen molar-refractivity contribution >= 4 is 11.7 Å². The Morgan fingerprint density at radius 1 is 0.938 bits per heavy atom. The fourth-order valence-electron chi connectivity index (χ4n) is 3.70. The van der Waals surface area contributed by atoms with Crippen LogP contribution in [0.5, 0.6) is 11.5 Å². The van der Waals surface area contributed by atoms with Crippen LogP contribution in [0.2, 0.25) is 0 Å². The maximum Gasteiger partial charge on any atom is 0.217 e. The molecule has 0 bridgehead atoms. The SMILES string of the molecule is CCCc1c(OCc2ccc(C(NC(C)=O)c3ccccc3)cc2)ccc(C(C)=O)c1O. The average molecular weight is 432 g/mol. The molecule has 1 unspecified atom stereocenters. The molecule has 0 aromatic heterocycles. The van der Waals surface area contributed by atoms with Gasteiger partial charge in [0.05, 0.1) is 11.6 Å². The fourth-order valence-corrected chi connectivity index (χ4v) is 3.70. The van der Waals surface area contributed by atoms with E-state index in [1.54, 1.807) is 12.1 Å². The van der Waals surface area contributed by atoms with Crippen LogP contribution in [0.3, 0.4) is 0 Å². The highest BCUT2D eigenvalue weighted by molar-refractivity contribution is 5.97. The number of ketones is 1. The summed E-state index contributed by atoms with van der Waals surface area (Å²) in [6.07, 6.45) is 1.45. The van der Waals surface area contributed by atoms with Crippen molar-refractivity contribution in [2.45, 2.75) is 46.3 Å². The summed E-state index contributed by atoms with van der Waals surface area (Å²) >= 11 is 0. The molecule has 5 nitrogen and oxygen atoms in total. The van der Waals surface area contributed by atoms with Gasteiger partial charge in [-0.2, -0.15) is 0 Å². The molecule has 0 aliphatic heterocycles. The lowest BCUT2D eigenvalue weighted by Crippen LogP contribution is -2.26. The van der Waals surface area contributed by atoms with Crippen LogP contribution in [0.25, 0.3) is 0 Å². The van der Waals surface area contributed by atoms with Crippen LogP contribution in [0.1, 0.15) is 65.8 Å². The van der Waals surface area contributed by atoms with Crippen LogP contribution in [-0.2, 0) is 17.8 Å². The molecule has 3 aromatic rings. The van der Waals surface area contributed by atoms with Crippen LogP contribution in [0, 0.1) is 0 Å². The smallest absolute Gasteiger partial charge is 0.217 e. The van der Waals surface area contributed by atoms with E-state index in [-0.39, 0.29) is 23.5 Å². The molecule has 0 aliphatic carbocycles. The van der Waals surface area contributed by atoms with E-state index in [9.17, 15) is 14.7 Å². The minimum Gasteiger partial charge on any atom is -0.507 e. The monoisotopic (exact) mass is 431 g/mol. The molecule has 0 saturated carbocycles. The number of phenols is 1. The van der Waals surface area contributed by atoms with Crippen molar-refractivity contribution in [3.05, 3.63) is 94.5 Å². The minimum absolute atomic E-state index is 0.00760. The Kier molecular flexibility index (Phi) is 7.66. The molecule has 0 radical (unpaired) electrons. The van der Waals surface area contributed by atoms with Gasteiger partial charge < -0.3 is 15.2 Å². The summed E-state index contributed by atoms with van der Waals surface area (Å²) < 4.78 is 6.00. The highest BCUT2D eigenvalue weighted by Gasteiger charge is 2.17. The molecule has 166 valence electrons. The Morgan fingerprint density at radius 3 is 2.19 bits per heavy atom. The molecule has 1 atom stereocenters. The standard InChI is InChI=1S/C27H29NO4/c1-4-8-24-25(16-15-23(18(2)29)27(24)31)32-17-20-11-13-22(14-12-20)26(28-19(3)30)21-9-6-5-7-10-21/h5-7,9-16,26,31H,4,8,17H2,1-3H3,(H,28,30). The number of carbonyl (C=O) groups excluding carboxylic acids is 2. The summed E-state index contributed by atoms with van der Waals surface area (Å²) in [5.41, 5.74) is 3.92. The number of hydrogen-bond donors (Lipinski definition) is 2. The minimum atomic E-state index is -0.226. The van der Waals surface area contributed by atoms with Crippen LogP contribution in [0.4, 0.5) is 0 Å². The molecule has 0 aliphatic rings. The third-order valence-corrected chi connectivity index (χ3v) is 5.31. The second-order valence-corrected chi connectivity index (χ2v) is 7.82. The molecule has 2 N–H and O–H groups in total. The van der Waals surface area contributed by atoms with Gasteiger partial charge in [0.2, 0.25) is 5.91 Å². The van der Waals surface area contributed by atoms with E-state index in [2.05, 4.69) is 5.32 Å². The molecule has 3 rings (SSSR count). The maximum absolute atomic E-state index is 11.7. The molecule has 3 aromatic carbocycles. The van der Waals surface area contributed by atoms with Crippen molar-refractivity contribution in [2.24, 2.45) is 0 Å². The number of aromatic hydroxyl groups is 1. The number of ether oxygens (including phenoxy) is 1. The van der Waals surface area contributed by atoms with Gasteiger partial charge in [-0.1, -0.05) is 67.9 Å². The van der Waals surface area contributed by atoms with Gasteiger partial charge in [-0.15, -0.1) is 0 Å². The summed E-state index contributed by atoms with van der Waals surface area (Å²) in [5, 5.41) is 13.5. The maximum atomic E-state index is 11.7. The van der Waals surface area contributed by atoms with Crippen LogP contribution in [-0.4, -0.2) is 16.8 Å². The third kappa shape index (κ3) is 5.55. The second-order valence-electron chi connectivity index (χ2n) is 7.82. The highest BCUT2D eigenvalue weighted by atomic mass is 16.5. The number of benzene rings is 3. The van der Waals surface area contributed by atoms with E-state index in [4.69, 9.17) is 4.74 Å². The molecule has 0 saturated heterocycles. The number of phenolic OH excluding ortho intramolecular Hbond substituents is 1. The van der Waals surface area contributed by atoms with Gasteiger partial charge in [-0.25, -0.2) is 0 Å². The van der Waals surface area contributed by atoms with Gasteiger partial charge in [0.1, 0.15) is 18.1 Å². The van der Waals surface area contributed by atoms with Crippen molar-refractivity contribution in [3.63, 3.8) is 0 Å². The van der Waals surface area contributed by atoms with Crippen LogP contribution < -0.4 is 10.1 Å². The first-order chi connectivity index (χ1) is 15.4. The Bertz CT molecular complexity index is 1070. The number of hydrogen-bond acceptors (Lipinski definition) is 4. The normalized spacial score (nSPS) is 11.6. The summed E-state index contributed by atoms with van der Waals surface area (Å²) in [4.78, 5) is 23.5. The van der Waals surface area contributed by atoms with Crippen molar-refractivity contribution in [3.8, 4) is 11.5 Å². The summed E-state index contributed by atoms with van der Waals surface area (Å²) in [6, 6.07) is 20.9. The molecule has 5 heteroatoms. The Hall–Kier alpha value is -3.60. The first-order valence-electron chi connectivity index (χ1n) is 10.8. The molecule has 32 heavy (non-hydrogen) atoms. The second kappa shape index (κ2) is 10.6. The van der Waals surface area contributed by atoms with E-state index in [0.29, 0.717) is 29.9 Å². The zero-order valence-electron chi connectivity index (χ0n) is 18.7. The molecule has 0 fully saturated rings. The number of rotatable bonds is 9.